The van der Waals surface area contributed by atoms with Crippen molar-refractivity contribution in [2.45, 2.75) is 12.8 Å². The lowest BCUT2D eigenvalue weighted by atomic mass is 9.92. The van der Waals surface area contributed by atoms with Crippen molar-refractivity contribution in [3.8, 4) is 0 Å². The van der Waals surface area contributed by atoms with Crippen LogP contribution in [0.2, 0.25) is 0 Å². The normalized spacial score (nSPS) is 17.4. The summed E-state index contributed by atoms with van der Waals surface area (Å²) in [6, 6.07) is 0. The largest absolute Gasteiger partial charge is 0.315 e. The van der Waals surface area contributed by atoms with E-state index >= 15 is 0 Å². The summed E-state index contributed by atoms with van der Waals surface area (Å²) in [5.74, 6) is 0.486. The average molecular weight is 165 g/mol. The van der Waals surface area contributed by atoms with Crippen LogP contribution in [0, 0.1) is 6.92 Å². The Morgan fingerprint density at radius 3 is 2.92 bits per heavy atom. The zero-order valence-electron chi connectivity index (χ0n) is 6.92. The van der Waals surface area contributed by atoms with Crippen molar-refractivity contribution in [2.75, 3.05) is 13.1 Å². The highest BCUT2D eigenvalue weighted by molar-refractivity contribution is 5.26. The van der Waals surface area contributed by atoms with E-state index in [1.165, 1.54) is 0 Å². The fourth-order valence-corrected chi connectivity index (χ4v) is 1.39. The molecule has 0 unspecified atom stereocenters. The van der Waals surface area contributed by atoms with E-state index in [0.29, 0.717) is 5.92 Å². The number of hydrogen-bond donors (Lipinski definition) is 2. The molecule has 2 rings (SSSR count). The maximum absolute atomic E-state index is 11.1. The van der Waals surface area contributed by atoms with Gasteiger partial charge in [-0.05, 0) is 12.5 Å². The van der Waals surface area contributed by atoms with Crippen LogP contribution in [0.5, 0.6) is 0 Å². The van der Waals surface area contributed by atoms with Crippen LogP contribution >= 0.6 is 0 Å². The van der Waals surface area contributed by atoms with Gasteiger partial charge in [0.1, 0.15) is 0 Å². The van der Waals surface area contributed by atoms with Crippen LogP contribution in [0.4, 0.5) is 0 Å². The number of hydrogen-bond acceptors (Lipinski definition) is 3. The minimum absolute atomic E-state index is 0.0700. The standard InChI is InChI=1S/C8H11N3O/c1-5-7(6-2-9-3-6)4-10-11-8(5)12/h4,6,9H,2-3H2,1H3,(H,11,12). The molecule has 1 fully saturated rings. The summed E-state index contributed by atoms with van der Waals surface area (Å²) in [7, 11) is 0. The Labute approximate surface area is 70.0 Å². The quantitative estimate of drug-likeness (QED) is 0.604. The maximum atomic E-state index is 11.1. The molecular weight excluding hydrogens is 154 g/mol. The van der Waals surface area contributed by atoms with Crippen molar-refractivity contribution < 1.29 is 0 Å². The molecule has 0 aromatic carbocycles. The molecule has 1 aliphatic rings. The van der Waals surface area contributed by atoms with Crippen molar-refractivity contribution >= 4 is 0 Å². The molecule has 0 aliphatic carbocycles. The van der Waals surface area contributed by atoms with Crippen LogP contribution in [0.1, 0.15) is 17.0 Å². The summed E-state index contributed by atoms with van der Waals surface area (Å²) in [5.41, 5.74) is 1.81. The van der Waals surface area contributed by atoms with Gasteiger partial charge in [0.15, 0.2) is 0 Å². The first-order valence-electron chi connectivity index (χ1n) is 4.04. The van der Waals surface area contributed by atoms with Crippen LogP contribution in [-0.4, -0.2) is 23.3 Å². The minimum atomic E-state index is -0.0700. The molecule has 1 aromatic heterocycles. The monoisotopic (exact) mass is 165 g/mol. The molecule has 0 bridgehead atoms. The lowest BCUT2D eigenvalue weighted by molar-refractivity contribution is 0.444. The third-order valence-corrected chi connectivity index (χ3v) is 2.36. The van der Waals surface area contributed by atoms with Crippen LogP contribution in [0.25, 0.3) is 0 Å². The topological polar surface area (TPSA) is 57.8 Å². The van der Waals surface area contributed by atoms with E-state index in [2.05, 4.69) is 15.5 Å². The number of H-pyrrole nitrogens is 1. The molecule has 2 N–H and O–H groups in total. The van der Waals surface area contributed by atoms with Crippen molar-refractivity contribution in [2.24, 2.45) is 0 Å². The minimum Gasteiger partial charge on any atom is -0.315 e. The first kappa shape index (κ1) is 7.49. The Morgan fingerprint density at radius 2 is 2.33 bits per heavy atom. The van der Waals surface area contributed by atoms with Crippen LogP contribution in [0.3, 0.4) is 0 Å². The van der Waals surface area contributed by atoms with E-state index in [-0.39, 0.29) is 5.56 Å². The molecule has 64 valence electrons. The van der Waals surface area contributed by atoms with Crippen LogP contribution in [-0.2, 0) is 0 Å². The Bertz CT molecular complexity index is 340. The number of aromatic nitrogens is 2. The number of nitrogens with one attached hydrogen (secondary N) is 2. The fraction of sp³-hybridized carbons (Fsp3) is 0.500. The van der Waals surface area contributed by atoms with E-state index < -0.39 is 0 Å². The highest BCUT2D eigenvalue weighted by Crippen LogP contribution is 2.19. The van der Waals surface area contributed by atoms with Gasteiger partial charge in [0.05, 0.1) is 6.20 Å². The molecule has 0 amide bonds. The molecule has 1 aromatic rings. The van der Waals surface area contributed by atoms with Crippen molar-refractivity contribution in [3.05, 3.63) is 27.7 Å². The predicted molar refractivity (Wildman–Crippen MR) is 45.2 cm³/mol. The van der Waals surface area contributed by atoms with E-state index in [4.69, 9.17) is 0 Å². The zero-order valence-corrected chi connectivity index (χ0v) is 6.92. The number of rotatable bonds is 1. The Morgan fingerprint density at radius 1 is 1.58 bits per heavy atom. The number of aromatic amines is 1. The molecule has 2 heterocycles. The Hall–Kier alpha value is -1.16. The molecule has 4 heteroatoms. The van der Waals surface area contributed by atoms with Gasteiger partial charge in [0, 0.05) is 24.6 Å². The summed E-state index contributed by atoms with van der Waals surface area (Å²) in [6.45, 7) is 3.77. The third-order valence-electron chi connectivity index (χ3n) is 2.36. The Balaban J connectivity index is 2.42. The van der Waals surface area contributed by atoms with Crippen LogP contribution < -0.4 is 10.9 Å². The number of nitrogens with zero attached hydrogens (tertiary/aromatic N) is 1. The van der Waals surface area contributed by atoms with E-state index in [1.54, 1.807) is 6.20 Å². The first-order valence-corrected chi connectivity index (χ1v) is 4.04. The first-order chi connectivity index (χ1) is 5.79. The molecule has 0 spiro atoms. The SMILES string of the molecule is Cc1c(C2CNC2)cn[nH]c1=O. The molecular formula is C8H11N3O. The molecule has 4 nitrogen and oxygen atoms in total. The summed E-state index contributed by atoms with van der Waals surface area (Å²) in [4.78, 5) is 11.1. The third kappa shape index (κ3) is 1.04. The van der Waals surface area contributed by atoms with Gasteiger partial charge in [0.2, 0.25) is 0 Å². The van der Waals surface area contributed by atoms with E-state index in [9.17, 15) is 4.79 Å². The lowest BCUT2D eigenvalue weighted by Crippen LogP contribution is -2.41. The van der Waals surface area contributed by atoms with Crippen molar-refractivity contribution in [3.63, 3.8) is 0 Å². The second kappa shape index (κ2) is 2.71. The maximum Gasteiger partial charge on any atom is 0.267 e. The Kier molecular flexibility index (Phi) is 1.69. The fourth-order valence-electron chi connectivity index (χ4n) is 1.39. The van der Waals surface area contributed by atoms with Gasteiger partial charge < -0.3 is 5.32 Å². The molecule has 12 heavy (non-hydrogen) atoms. The highest BCUT2D eigenvalue weighted by Gasteiger charge is 2.21. The van der Waals surface area contributed by atoms with E-state index in [1.807, 2.05) is 6.92 Å². The van der Waals surface area contributed by atoms with Crippen molar-refractivity contribution in [1.29, 1.82) is 0 Å². The smallest absolute Gasteiger partial charge is 0.267 e. The van der Waals surface area contributed by atoms with E-state index in [0.717, 1.165) is 24.2 Å². The summed E-state index contributed by atoms with van der Waals surface area (Å²) in [5, 5.41) is 9.37. The second-order valence-electron chi connectivity index (χ2n) is 3.13. The molecule has 0 atom stereocenters. The second-order valence-corrected chi connectivity index (χ2v) is 3.13. The van der Waals surface area contributed by atoms with Crippen molar-refractivity contribution in [1.82, 2.24) is 15.5 Å². The van der Waals surface area contributed by atoms with Gasteiger partial charge in [-0.15, -0.1) is 0 Å². The average Bonchev–Trinajstić information content (AvgIpc) is 1.95. The molecule has 1 saturated heterocycles. The zero-order chi connectivity index (χ0) is 8.55. The highest BCUT2D eigenvalue weighted by atomic mass is 16.1. The summed E-state index contributed by atoms with van der Waals surface area (Å²) in [6.07, 6.45) is 1.75. The molecule has 0 radical (unpaired) electrons. The van der Waals surface area contributed by atoms with Gasteiger partial charge in [-0.25, -0.2) is 5.10 Å². The van der Waals surface area contributed by atoms with Gasteiger partial charge in [-0.2, -0.15) is 5.10 Å². The summed E-state index contributed by atoms with van der Waals surface area (Å²) >= 11 is 0. The van der Waals surface area contributed by atoms with Gasteiger partial charge in [-0.1, -0.05) is 0 Å². The predicted octanol–water partition coefficient (Wildman–Crippen LogP) is -0.235. The van der Waals surface area contributed by atoms with Gasteiger partial charge in [0.25, 0.3) is 5.56 Å². The molecule has 0 saturated carbocycles. The van der Waals surface area contributed by atoms with Gasteiger partial charge in [-0.3, -0.25) is 4.79 Å². The lowest BCUT2D eigenvalue weighted by Gasteiger charge is -2.27. The molecule has 1 aliphatic heterocycles. The summed E-state index contributed by atoms with van der Waals surface area (Å²) < 4.78 is 0. The van der Waals surface area contributed by atoms with Gasteiger partial charge >= 0.3 is 0 Å². The van der Waals surface area contributed by atoms with Crippen LogP contribution in [0.15, 0.2) is 11.0 Å².